The molecule has 1 aliphatic rings. The molecule has 4 rings (SSSR count). The first kappa shape index (κ1) is 18.9. The summed E-state index contributed by atoms with van der Waals surface area (Å²) in [5, 5.41) is 18.9. The smallest absolute Gasteiger partial charge is 0.324 e. The van der Waals surface area contributed by atoms with Gasteiger partial charge in [-0.1, -0.05) is 22.4 Å². The zero-order valence-corrected chi connectivity index (χ0v) is 16.7. The van der Waals surface area contributed by atoms with Crippen molar-refractivity contribution in [2.75, 3.05) is 41.3 Å². The minimum Gasteiger partial charge on any atom is -0.382 e. The van der Waals surface area contributed by atoms with Gasteiger partial charge in [-0.25, -0.2) is 0 Å². The standard InChI is InChI=1S/C19H24N8O2/c1-12(2)21-16-10-14(4-5-15(16)11-20)17-23-19(29-25-17)27-8-6-26(7-9-27)18-22-13(3)24-28-18/h4-5,10-12,20-21H,6-9H2,1-3H3. The van der Waals surface area contributed by atoms with Crippen LogP contribution < -0.4 is 15.1 Å². The number of aromatic nitrogens is 4. The van der Waals surface area contributed by atoms with E-state index in [9.17, 15) is 0 Å². The molecular formula is C19H24N8O2. The molecule has 29 heavy (non-hydrogen) atoms. The van der Waals surface area contributed by atoms with E-state index in [0.717, 1.165) is 43.0 Å². The number of anilines is 3. The highest BCUT2D eigenvalue weighted by Gasteiger charge is 2.24. The molecule has 10 heteroatoms. The number of hydrogen-bond donors (Lipinski definition) is 2. The molecule has 10 nitrogen and oxygen atoms in total. The lowest BCUT2D eigenvalue weighted by molar-refractivity contribution is 0.391. The normalized spacial score (nSPS) is 14.5. The first-order valence-corrected chi connectivity index (χ1v) is 9.59. The molecule has 0 atom stereocenters. The van der Waals surface area contributed by atoms with E-state index in [-0.39, 0.29) is 6.04 Å². The summed E-state index contributed by atoms with van der Waals surface area (Å²) >= 11 is 0. The molecule has 1 aromatic carbocycles. The molecule has 0 amide bonds. The van der Waals surface area contributed by atoms with Crippen molar-refractivity contribution in [1.29, 1.82) is 5.41 Å². The fourth-order valence-corrected chi connectivity index (χ4v) is 3.22. The maximum absolute atomic E-state index is 7.58. The summed E-state index contributed by atoms with van der Waals surface area (Å²) in [6, 6.07) is 7.03. The van der Waals surface area contributed by atoms with Gasteiger partial charge in [-0.3, -0.25) is 0 Å². The summed E-state index contributed by atoms with van der Waals surface area (Å²) in [5.74, 6) is 1.16. The Morgan fingerprint density at radius 3 is 2.28 bits per heavy atom. The van der Waals surface area contributed by atoms with Crippen LogP contribution in [0.25, 0.3) is 11.4 Å². The lowest BCUT2D eigenvalue weighted by atomic mass is 10.1. The second kappa shape index (κ2) is 7.90. The van der Waals surface area contributed by atoms with E-state index >= 15 is 0 Å². The first-order valence-electron chi connectivity index (χ1n) is 9.59. The molecule has 2 N–H and O–H groups in total. The molecule has 1 fully saturated rings. The van der Waals surface area contributed by atoms with E-state index in [1.807, 2.05) is 23.1 Å². The number of benzene rings is 1. The molecule has 152 valence electrons. The molecule has 1 saturated heterocycles. The van der Waals surface area contributed by atoms with Crippen LogP contribution >= 0.6 is 0 Å². The summed E-state index contributed by atoms with van der Waals surface area (Å²) in [5.41, 5.74) is 2.54. The molecule has 0 bridgehead atoms. The minimum atomic E-state index is 0.253. The number of aryl methyl sites for hydroxylation is 1. The van der Waals surface area contributed by atoms with Gasteiger partial charge in [-0.05, 0) is 26.8 Å². The van der Waals surface area contributed by atoms with Gasteiger partial charge in [0.2, 0.25) is 5.82 Å². The molecule has 0 unspecified atom stereocenters. The topological polar surface area (TPSA) is 120 Å². The second-order valence-corrected chi connectivity index (χ2v) is 7.24. The van der Waals surface area contributed by atoms with E-state index in [4.69, 9.17) is 14.5 Å². The van der Waals surface area contributed by atoms with Gasteiger partial charge >= 0.3 is 12.0 Å². The van der Waals surface area contributed by atoms with Gasteiger partial charge in [0.1, 0.15) is 0 Å². The molecule has 0 aliphatic carbocycles. The van der Waals surface area contributed by atoms with E-state index in [2.05, 4.69) is 44.3 Å². The average molecular weight is 396 g/mol. The maximum Gasteiger partial charge on any atom is 0.324 e. The van der Waals surface area contributed by atoms with Crippen LogP contribution in [-0.2, 0) is 0 Å². The molecule has 1 aliphatic heterocycles. The van der Waals surface area contributed by atoms with Crippen LogP contribution in [0, 0.1) is 12.3 Å². The molecule has 3 heterocycles. The highest BCUT2D eigenvalue weighted by molar-refractivity contribution is 5.87. The molecular weight excluding hydrogens is 372 g/mol. The Labute approximate surface area is 168 Å². The highest BCUT2D eigenvalue weighted by atomic mass is 16.5. The van der Waals surface area contributed by atoms with Crippen LogP contribution in [-0.4, -0.2) is 58.7 Å². The van der Waals surface area contributed by atoms with Crippen molar-refractivity contribution in [2.45, 2.75) is 26.8 Å². The Kier molecular flexibility index (Phi) is 5.15. The molecule has 0 saturated carbocycles. The van der Waals surface area contributed by atoms with Gasteiger partial charge in [-0.2, -0.15) is 9.97 Å². The lowest BCUT2D eigenvalue weighted by Crippen LogP contribution is -2.46. The summed E-state index contributed by atoms with van der Waals surface area (Å²) < 4.78 is 10.7. The zero-order valence-electron chi connectivity index (χ0n) is 16.7. The van der Waals surface area contributed by atoms with Crippen molar-refractivity contribution in [3.8, 4) is 11.4 Å². The highest BCUT2D eigenvalue weighted by Crippen LogP contribution is 2.26. The van der Waals surface area contributed by atoms with E-state index in [0.29, 0.717) is 23.7 Å². The average Bonchev–Trinajstić information content (AvgIpc) is 3.37. The third-order valence-corrected chi connectivity index (χ3v) is 4.66. The third kappa shape index (κ3) is 4.05. The fourth-order valence-electron chi connectivity index (χ4n) is 3.22. The fraction of sp³-hybridized carbons (Fsp3) is 0.421. The Hall–Kier alpha value is -3.43. The van der Waals surface area contributed by atoms with Crippen molar-refractivity contribution in [3.05, 3.63) is 29.6 Å². The summed E-state index contributed by atoms with van der Waals surface area (Å²) in [4.78, 5) is 13.0. The van der Waals surface area contributed by atoms with Gasteiger partial charge in [0.05, 0.1) is 0 Å². The lowest BCUT2D eigenvalue weighted by Gasteiger charge is -2.32. The summed E-state index contributed by atoms with van der Waals surface area (Å²) in [7, 11) is 0. The van der Waals surface area contributed by atoms with Crippen molar-refractivity contribution < 1.29 is 9.05 Å². The summed E-state index contributed by atoms with van der Waals surface area (Å²) in [6.07, 6.45) is 1.33. The van der Waals surface area contributed by atoms with Gasteiger partial charge < -0.3 is 29.6 Å². The number of hydrogen-bond acceptors (Lipinski definition) is 10. The SMILES string of the molecule is Cc1noc(N2CCN(c3nc(-c4ccc(C=N)c(NC(C)C)c4)no3)CC2)n1. The Bertz CT molecular complexity index is 988. The Balaban J connectivity index is 1.47. The van der Waals surface area contributed by atoms with E-state index < -0.39 is 0 Å². The third-order valence-electron chi connectivity index (χ3n) is 4.66. The van der Waals surface area contributed by atoms with E-state index in [1.54, 1.807) is 6.92 Å². The Morgan fingerprint density at radius 1 is 1.03 bits per heavy atom. The van der Waals surface area contributed by atoms with Gasteiger partial charge in [0.15, 0.2) is 5.82 Å². The number of nitrogens with zero attached hydrogens (tertiary/aromatic N) is 6. The number of piperazine rings is 1. The molecule has 0 spiro atoms. The van der Waals surface area contributed by atoms with Crippen molar-refractivity contribution in [1.82, 2.24) is 20.3 Å². The monoisotopic (exact) mass is 396 g/mol. The van der Waals surface area contributed by atoms with Gasteiger partial charge in [-0.15, -0.1) is 0 Å². The van der Waals surface area contributed by atoms with E-state index in [1.165, 1.54) is 6.21 Å². The van der Waals surface area contributed by atoms with Crippen molar-refractivity contribution in [3.63, 3.8) is 0 Å². The predicted octanol–water partition coefficient (Wildman–Crippen LogP) is 2.57. The van der Waals surface area contributed by atoms with Crippen LogP contribution in [0.3, 0.4) is 0 Å². The molecule has 0 radical (unpaired) electrons. The minimum absolute atomic E-state index is 0.253. The van der Waals surface area contributed by atoms with Crippen molar-refractivity contribution >= 4 is 23.9 Å². The molecule has 3 aromatic rings. The van der Waals surface area contributed by atoms with Gasteiger partial charge in [0.25, 0.3) is 0 Å². The van der Waals surface area contributed by atoms with Gasteiger partial charge in [0, 0.05) is 55.2 Å². The van der Waals surface area contributed by atoms with Crippen LogP contribution in [0.15, 0.2) is 27.2 Å². The van der Waals surface area contributed by atoms with Crippen LogP contribution in [0.5, 0.6) is 0 Å². The predicted molar refractivity (Wildman–Crippen MR) is 110 cm³/mol. The Morgan fingerprint density at radius 2 is 1.69 bits per heavy atom. The number of rotatable bonds is 6. The van der Waals surface area contributed by atoms with Crippen molar-refractivity contribution in [2.24, 2.45) is 0 Å². The quantitative estimate of drug-likeness (QED) is 0.606. The largest absolute Gasteiger partial charge is 0.382 e. The summed E-state index contributed by atoms with van der Waals surface area (Å²) in [6.45, 7) is 8.82. The van der Waals surface area contributed by atoms with Crippen LogP contribution in [0.2, 0.25) is 0 Å². The number of nitrogens with one attached hydrogen (secondary N) is 2. The zero-order chi connectivity index (χ0) is 20.4. The first-order chi connectivity index (χ1) is 14.0. The maximum atomic E-state index is 7.58. The van der Waals surface area contributed by atoms with Crippen LogP contribution in [0.1, 0.15) is 25.2 Å². The molecule has 2 aromatic heterocycles. The second-order valence-electron chi connectivity index (χ2n) is 7.24. The van der Waals surface area contributed by atoms with Crippen LogP contribution in [0.4, 0.5) is 17.7 Å².